The number of rotatable bonds is 4. The third kappa shape index (κ3) is 4.02. The van der Waals surface area contributed by atoms with E-state index < -0.39 is 5.60 Å². The second kappa shape index (κ2) is 7.61. The summed E-state index contributed by atoms with van der Waals surface area (Å²) in [5.41, 5.74) is 2.28. The number of hydrogen-bond acceptors (Lipinski definition) is 3. The number of hydrogen-bond donors (Lipinski definition) is 1. The van der Waals surface area contributed by atoms with Crippen molar-refractivity contribution < 1.29 is 9.90 Å². The second-order valence-corrected chi connectivity index (χ2v) is 8.29. The fraction of sp³-hybridized carbons (Fsp3) is 0.455. The molecule has 0 bridgehead atoms. The first kappa shape index (κ1) is 18.5. The Balaban J connectivity index is 1.50. The van der Waals surface area contributed by atoms with Crippen molar-refractivity contribution in [3.8, 4) is 11.1 Å². The maximum Gasteiger partial charge on any atom is 0.222 e. The summed E-state index contributed by atoms with van der Waals surface area (Å²) in [7, 11) is 0. The summed E-state index contributed by atoms with van der Waals surface area (Å²) in [4.78, 5) is 18.1. The van der Waals surface area contributed by atoms with E-state index in [4.69, 9.17) is 11.6 Å². The lowest BCUT2D eigenvalue weighted by Gasteiger charge is -2.41. The van der Waals surface area contributed by atoms with Gasteiger partial charge in [0, 0.05) is 42.8 Å². The number of carbonyl (C=O) groups excluding carboxylic acids is 1. The molecule has 2 aliphatic rings. The zero-order valence-electron chi connectivity index (χ0n) is 15.4. The first-order valence-electron chi connectivity index (χ1n) is 9.75. The molecule has 1 aromatic heterocycles. The molecule has 142 valence electrons. The minimum absolute atomic E-state index is 0.161. The van der Waals surface area contributed by atoms with Crippen molar-refractivity contribution in [1.29, 1.82) is 0 Å². The van der Waals surface area contributed by atoms with Gasteiger partial charge in [-0.3, -0.25) is 9.78 Å². The van der Waals surface area contributed by atoms with Gasteiger partial charge in [0.2, 0.25) is 5.91 Å². The molecule has 1 amide bonds. The molecule has 4 nitrogen and oxygen atoms in total. The maximum atomic E-state index is 12.1. The van der Waals surface area contributed by atoms with E-state index in [0.717, 1.165) is 48.9 Å². The van der Waals surface area contributed by atoms with Crippen LogP contribution in [0.2, 0.25) is 5.02 Å². The molecule has 5 heteroatoms. The highest BCUT2D eigenvalue weighted by molar-refractivity contribution is 6.31. The molecule has 1 aliphatic heterocycles. The Morgan fingerprint density at radius 2 is 2.00 bits per heavy atom. The Hall–Kier alpha value is -1.91. The SMILES string of the molecule is O=C1CCCN1C1CCCC(O)(Cc2ccc(-c3ccncc3)cc2Cl)C1. The third-order valence-electron chi connectivity index (χ3n) is 5.93. The lowest BCUT2D eigenvalue weighted by atomic mass is 9.77. The zero-order chi connectivity index (χ0) is 18.9. The molecule has 2 aromatic rings. The fourth-order valence-corrected chi connectivity index (χ4v) is 4.81. The number of halogens is 1. The molecule has 0 spiro atoms. The van der Waals surface area contributed by atoms with Crippen molar-refractivity contribution in [3.63, 3.8) is 0 Å². The first-order chi connectivity index (χ1) is 13.0. The first-order valence-corrected chi connectivity index (χ1v) is 10.1. The van der Waals surface area contributed by atoms with Crippen LogP contribution in [0.15, 0.2) is 42.7 Å². The van der Waals surface area contributed by atoms with Crippen LogP contribution in [0.1, 0.15) is 44.1 Å². The maximum absolute atomic E-state index is 12.1. The molecular formula is C22H25ClN2O2. The van der Waals surface area contributed by atoms with Crippen LogP contribution in [0, 0.1) is 0 Å². The molecule has 1 aliphatic carbocycles. The van der Waals surface area contributed by atoms with Gasteiger partial charge in [0.15, 0.2) is 0 Å². The van der Waals surface area contributed by atoms with E-state index in [-0.39, 0.29) is 11.9 Å². The summed E-state index contributed by atoms with van der Waals surface area (Å²) < 4.78 is 0. The minimum Gasteiger partial charge on any atom is -0.389 e. The van der Waals surface area contributed by atoms with Gasteiger partial charge >= 0.3 is 0 Å². The number of likely N-dealkylation sites (tertiary alicyclic amines) is 1. The lowest BCUT2D eigenvalue weighted by Crippen LogP contribution is -2.47. The smallest absolute Gasteiger partial charge is 0.222 e. The van der Waals surface area contributed by atoms with Crippen LogP contribution in [0.3, 0.4) is 0 Å². The van der Waals surface area contributed by atoms with E-state index in [9.17, 15) is 9.90 Å². The Labute approximate surface area is 165 Å². The topological polar surface area (TPSA) is 53.4 Å². The summed E-state index contributed by atoms with van der Waals surface area (Å²) in [6.07, 6.45) is 8.98. The Kier molecular flexibility index (Phi) is 5.20. The van der Waals surface area contributed by atoms with Crippen LogP contribution >= 0.6 is 11.6 Å². The van der Waals surface area contributed by atoms with Crippen LogP contribution in [-0.4, -0.2) is 39.1 Å². The number of aromatic nitrogens is 1. The molecular weight excluding hydrogens is 360 g/mol. The van der Waals surface area contributed by atoms with Crippen LogP contribution in [0.4, 0.5) is 0 Å². The standard InChI is InChI=1S/C22H25ClN2O2/c23-20-13-17(16-7-10-24-11-8-16)5-6-18(20)14-22(27)9-1-3-19(15-22)25-12-2-4-21(25)26/h5-8,10-11,13,19,27H,1-4,9,12,14-15H2. The second-order valence-electron chi connectivity index (χ2n) is 7.88. The van der Waals surface area contributed by atoms with Gasteiger partial charge in [-0.2, -0.15) is 0 Å². The van der Waals surface area contributed by atoms with E-state index in [1.165, 1.54) is 0 Å². The molecule has 2 fully saturated rings. The summed E-state index contributed by atoms with van der Waals surface area (Å²) in [6, 6.07) is 10.1. The van der Waals surface area contributed by atoms with Gasteiger partial charge in [-0.25, -0.2) is 0 Å². The number of amides is 1. The Morgan fingerprint density at radius 3 is 2.70 bits per heavy atom. The van der Waals surface area contributed by atoms with E-state index in [0.29, 0.717) is 24.3 Å². The highest BCUT2D eigenvalue weighted by atomic mass is 35.5. The van der Waals surface area contributed by atoms with Gasteiger partial charge in [0.25, 0.3) is 0 Å². The molecule has 27 heavy (non-hydrogen) atoms. The van der Waals surface area contributed by atoms with Crippen LogP contribution in [0.25, 0.3) is 11.1 Å². The van der Waals surface area contributed by atoms with Crippen molar-refractivity contribution in [1.82, 2.24) is 9.88 Å². The fourth-order valence-electron chi connectivity index (χ4n) is 4.56. The van der Waals surface area contributed by atoms with Crippen LogP contribution in [-0.2, 0) is 11.2 Å². The molecule has 4 rings (SSSR count). The van der Waals surface area contributed by atoms with Crippen molar-refractivity contribution in [3.05, 3.63) is 53.3 Å². The highest BCUT2D eigenvalue weighted by Crippen LogP contribution is 2.37. The number of nitrogens with zero attached hydrogens (tertiary/aromatic N) is 2. The largest absolute Gasteiger partial charge is 0.389 e. The van der Waals surface area contributed by atoms with Gasteiger partial charge in [0.1, 0.15) is 0 Å². The predicted octanol–water partition coefficient (Wildman–Crippen LogP) is 4.24. The number of benzene rings is 1. The molecule has 0 radical (unpaired) electrons. The Morgan fingerprint density at radius 1 is 1.19 bits per heavy atom. The molecule has 1 saturated heterocycles. The van der Waals surface area contributed by atoms with Crippen molar-refractivity contribution in [2.75, 3.05) is 6.54 Å². The summed E-state index contributed by atoms with van der Waals surface area (Å²) in [6.45, 7) is 0.834. The molecule has 1 saturated carbocycles. The van der Waals surface area contributed by atoms with Crippen molar-refractivity contribution in [2.24, 2.45) is 0 Å². The lowest BCUT2D eigenvalue weighted by molar-refractivity contribution is -0.132. The molecule has 2 atom stereocenters. The summed E-state index contributed by atoms with van der Waals surface area (Å²) in [5.74, 6) is 0.240. The number of pyridine rings is 1. The monoisotopic (exact) mass is 384 g/mol. The van der Waals surface area contributed by atoms with Crippen LogP contribution in [0.5, 0.6) is 0 Å². The summed E-state index contributed by atoms with van der Waals surface area (Å²) >= 11 is 6.56. The van der Waals surface area contributed by atoms with Gasteiger partial charge < -0.3 is 10.0 Å². The molecule has 2 heterocycles. The van der Waals surface area contributed by atoms with Gasteiger partial charge in [-0.05, 0) is 67.0 Å². The average Bonchev–Trinajstić information content (AvgIpc) is 3.10. The molecule has 1 N–H and O–H groups in total. The predicted molar refractivity (Wildman–Crippen MR) is 107 cm³/mol. The zero-order valence-corrected chi connectivity index (χ0v) is 16.2. The molecule has 1 aromatic carbocycles. The van der Waals surface area contributed by atoms with Gasteiger partial charge in [0.05, 0.1) is 5.60 Å². The van der Waals surface area contributed by atoms with Crippen molar-refractivity contribution >= 4 is 17.5 Å². The van der Waals surface area contributed by atoms with Gasteiger partial charge in [-0.1, -0.05) is 23.7 Å². The minimum atomic E-state index is -0.798. The van der Waals surface area contributed by atoms with Crippen molar-refractivity contribution in [2.45, 2.75) is 56.6 Å². The highest BCUT2D eigenvalue weighted by Gasteiger charge is 2.39. The summed E-state index contributed by atoms with van der Waals surface area (Å²) in [5, 5.41) is 11.9. The quantitative estimate of drug-likeness (QED) is 0.857. The van der Waals surface area contributed by atoms with E-state index in [1.54, 1.807) is 12.4 Å². The molecule has 2 unspecified atom stereocenters. The number of aliphatic hydroxyl groups is 1. The average molecular weight is 385 g/mol. The number of carbonyl (C=O) groups is 1. The van der Waals surface area contributed by atoms with E-state index in [2.05, 4.69) is 4.98 Å². The Bertz CT molecular complexity index is 826. The van der Waals surface area contributed by atoms with Gasteiger partial charge in [-0.15, -0.1) is 0 Å². The van der Waals surface area contributed by atoms with E-state index in [1.807, 2.05) is 35.2 Å². The normalized spacial score (nSPS) is 25.8. The van der Waals surface area contributed by atoms with E-state index >= 15 is 0 Å². The van der Waals surface area contributed by atoms with Crippen LogP contribution < -0.4 is 0 Å². The third-order valence-corrected chi connectivity index (χ3v) is 6.28.